The average molecular weight is 337 g/mol. The van der Waals surface area contributed by atoms with Crippen LogP contribution >= 0.6 is 0 Å². The molecule has 7 nitrogen and oxygen atoms in total. The normalized spacial score (nSPS) is 10.2. The van der Waals surface area contributed by atoms with Crippen molar-refractivity contribution in [2.24, 2.45) is 0 Å². The van der Waals surface area contributed by atoms with Crippen LogP contribution in [-0.2, 0) is 0 Å². The molecule has 0 bridgehead atoms. The van der Waals surface area contributed by atoms with Crippen molar-refractivity contribution in [2.75, 3.05) is 24.9 Å². The Morgan fingerprint density at radius 1 is 0.960 bits per heavy atom. The molecule has 3 aromatic rings. The summed E-state index contributed by atoms with van der Waals surface area (Å²) in [5.74, 6) is 2.41. The fourth-order valence-corrected chi connectivity index (χ4v) is 2.31. The summed E-state index contributed by atoms with van der Waals surface area (Å²) in [6, 6.07) is 13.4. The molecule has 2 N–H and O–H groups in total. The van der Waals surface area contributed by atoms with Gasteiger partial charge in [-0.15, -0.1) is 5.10 Å². The predicted molar refractivity (Wildman–Crippen MR) is 97.1 cm³/mol. The number of hydrogen-bond donors (Lipinski definition) is 2. The Balaban J connectivity index is 1.81. The lowest BCUT2D eigenvalue weighted by Gasteiger charge is -2.11. The fourth-order valence-electron chi connectivity index (χ4n) is 2.31. The molecule has 0 saturated heterocycles. The molecule has 25 heavy (non-hydrogen) atoms. The van der Waals surface area contributed by atoms with Gasteiger partial charge in [-0.2, -0.15) is 10.1 Å². The Kier molecular flexibility index (Phi) is 4.94. The highest BCUT2D eigenvalue weighted by Crippen LogP contribution is 2.27. The van der Waals surface area contributed by atoms with Crippen molar-refractivity contribution in [1.82, 2.24) is 15.2 Å². The van der Waals surface area contributed by atoms with Gasteiger partial charge in [-0.1, -0.05) is 12.1 Å². The van der Waals surface area contributed by atoms with Gasteiger partial charge in [-0.3, -0.25) is 0 Å². The maximum Gasteiger partial charge on any atom is 0.249 e. The quantitative estimate of drug-likeness (QED) is 0.710. The Hall–Kier alpha value is -3.35. The van der Waals surface area contributed by atoms with Crippen LogP contribution in [-0.4, -0.2) is 29.4 Å². The van der Waals surface area contributed by atoms with E-state index in [1.165, 1.54) is 0 Å². The number of nitrogens with one attached hydrogen (secondary N) is 2. The minimum Gasteiger partial charge on any atom is -0.497 e. The van der Waals surface area contributed by atoms with E-state index in [1.807, 2.05) is 49.4 Å². The summed E-state index contributed by atoms with van der Waals surface area (Å²) in [4.78, 5) is 4.43. The second kappa shape index (κ2) is 7.48. The van der Waals surface area contributed by atoms with Crippen LogP contribution in [0.25, 0.3) is 0 Å². The van der Waals surface area contributed by atoms with Gasteiger partial charge in [0.25, 0.3) is 0 Å². The predicted octanol–water partition coefficient (Wildman–Crippen LogP) is 3.68. The van der Waals surface area contributed by atoms with E-state index in [0.717, 1.165) is 22.7 Å². The highest BCUT2D eigenvalue weighted by Gasteiger charge is 2.07. The molecule has 128 valence electrons. The third-order valence-corrected chi connectivity index (χ3v) is 3.50. The molecule has 2 aromatic carbocycles. The second-order valence-electron chi connectivity index (χ2n) is 5.35. The zero-order chi connectivity index (χ0) is 17.6. The number of aromatic nitrogens is 3. The zero-order valence-electron chi connectivity index (χ0n) is 14.3. The molecule has 0 amide bonds. The van der Waals surface area contributed by atoms with Crippen molar-refractivity contribution in [3.63, 3.8) is 0 Å². The number of hydrogen-bond acceptors (Lipinski definition) is 7. The minimum absolute atomic E-state index is 0.372. The van der Waals surface area contributed by atoms with Crippen molar-refractivity contribution in [3.8, 4) is 11.5 Å². The van der Waals surface area contributed by atoms with E-state index >= 15 is 0 Å². The van der Waals surface area contributed by atoms with Crippen molar-refractivity contribution in [2.45, 2.75) is 6.92 Å². The van der Waals surface area contributed by atoms with Gasteiger partial charge >= 0.3 is 0 Å². The van der Waals surface area contributed by atoms with Crippen LogP contribution in [0, 0.1) is 6.92 Å². The number of methoxy groups -OCH3 is 2. The lowest BCUT2D eigenvalue weighted by atomic mass is 10.2. The molecular formula is C18H19N5O2. The first-order valence-corrected chi connectivity index (χ1v) is 7.70. The van der Waals surface area contributed by atoms with Crippen molar-refractivity contribution in [3.05, 3.63) is 54.2 Å². The van der Waals surface area contributed by atoms with Crippen molar-refractivity contribution in [1.29, 1.82) is 0 Å². The van der Waals surface area contributed by atoms with Crippen LogP contribution in [0.1, 0.15) is 5.56 Å². The van der Waals surface area contributed by atoms with Gasteiger partial charge in [-0.05, 0) is 36.8 Å². The number of anilines is 4. The molecular weight excluding hydrogens is 318 g/mol. The van der Waals surface area contributed by atoms with Crippen LogP contribution in [0.2, 0.25) is 0 Å². The van der Waals surface area contributed by atoms with E-state index in [1.54, 1.807) is 20.4 Å². The van der Waals surface area contributed by atoms with Gasteiger partial charge in [0.05, 0.1) is 26.1 Å². The summed E-state index contributed by atoms with van der Waals surface area (Å²) >= 11 is 0. The molecule has 1 aromatic heterocycles. The highest BCUT2D eigenvalue weighted by molar-refractivity contribution is 5.65. The van der Waals surface area contributed by atoms with Crippen LogP contribution in [0.5, 0.6) is 11.5 Å². The summed E-state index contributed by atoms with van der Waals surface area (Å²) in [7, 11) is 3.25. The van der Waals surface area contributed by atoms with Crippen molar-refractivity contribution < 1.29 is 9.47 Å². The van der Waals surface area contributed by atoms with E-state index in [4.69, 9.17) is 9.47 Å². The Morgan fingerprint density at radius 2 is 1.84 bits per heavy atom. The molecule has 0 aliphatic carbocycles. The van der Waals surface area contributed by atoms with Crippen LogP contribution in [0.3, 0.4) is 0 Å². The molecule has 0 spiro atoms. The van der Waals surface area contributed by atoms with E-state index < -0.39 is 0 Å². The second-order valence-corrected chi connectivity index (χ2v) is 5.35. The standard InChI is InChI=1S/C18H19N5O2/c1-12-7-8-16(25-3)15(9-12)21-18-22-17(11-19-23-18)20-13-5-4-6-14(10-13)24-2/h4-11H,1-3H3,(H2,20,21,22,23). The van der Waals surface area contributed by atoms with E-state index in [9.17, 15) is 0 Å². The number of aryl methyl sites for hydroxylation is 1. The van der Waals surface area contributed by atoms with Gasteiger partial charge in [0.15, 0.2) is 5.82 Å². The number of nitrogens with zero attached hydrogens (tertiary/aromatic N) is 3. The summed E-state index contributed by atoms with van der Waals surface area (Å²) in [5.41, 5.74) is 2.73. The maximum absolute atomic E-state index is 5.36. The monoisotopic (exact) mass is 337 g/mol. The molecule has 7 heteroatoms. The van der Waals surface area contributed by atoms with Crippen molar-refractivity contribution >= 4 is 23.1 Å². The number of rotatable bonds is 6. The largest absolute Gasteiger partial charge is 0.497 e. The average Bonchev–Trinajstić information content (AvgIpc) is 2.62. The van der Waals surface area contributed by atoms with Crippen LogP contribution < -0.4 is 20.1 Å². The highest BCUT2D eigenvalue weighted by atomic mass is 16.5. The molecule has 3 rings (SSSR count). The third kappa shape index (κ3) is 4.14. The summed E-state index contributed by atoms with van der Waals surface area (Å²) in [5, 5.41) is 14.3. The van der Waals surface area contributed by atoms with E-state index in [-0.39, 0.29) is 0 Å². The van der Waals surface area contributed by atoms with E-state index in [2.05, 4.69) is 25.8 Å². The molecule has 1 heterocycles. The zero-order valence-corrected chi connectivity index (χ0v) is 14.3. The lowest BCUT2D eigenvalue weighted by molar-refractivity contribution is 0.415. The summed E-state index contributed by atoms with van der Waals surface area (Å²) in [6.45, 7) is 2.00. The molecule has 0 radical (unpaired) electrons. The lowest BCUT2D eigenvalue weighted by Crippen LogP contribution is -2.03. The molecule has 0 atom stereocenters. The topological polar surface area (TPSA) is 81.2 Å². The Morgan fingerprint density at radius 3 is 2.64 bits per heavy atom. The molecule has 0 saturated carbocycles. The number of benzene rings is 2. The molecule has 0 aliphatic heterocycles. The number of ether oxygens (including phenoxy) is 2. The summed E-state index contributed by atoms with van der Waals surface area (Å²) < 4.78 is 10.6. The Labute approximate surface area is 146 Å². The molecule has 0 unspecified atom stereocenters. The van der Waals surface area contributed by atoms with Gasteiger partial charge in [0.1, 0.15) is 11.5 Å². The van der Waals surface area contributed by atoms with E-state index in [0.29, 0.717) is 17.5 Å². The molecule has 0 aliphatic rings. The van der Waals surface area contributed by atoms with Gasteiger partial charge in [0.2, 0.25) is 5.95 Å². The third-order valence-electron chi connectivity index (χ3n) is 3.50. The first kappa shape index (κ1) is 16.5. The van der Waals surface area contributed by atoms with Gasteiger partial charge < -0.3 is 20.1 Å². The first-order valence-electron chi connectivity index (χ1n) is 7.70. The van der Waals surface area contributed by atoms with Crippen LogP contribution in [0.15, 0.2) is 48.7 Å². The maximum atomic E-state index is 5.36. The minimum atomic E-state index is 0.372. The Bertz CT molecular complexity index is 870. The smallest absolute Gasteiger partial charge is 0.249 e. The fraction of sp³-hybridized carbons (Fsp3) is 0.167. The van der Waals surface area contributed by atoms with Gasteiger partial charge in [-0.25, -0.2) is 0 Å². The SMILES string of the molecule is COc1cccc(Nc2cnnc(Nc3cc(C)ccc3OC)n2)c1. The first-order chi connectivity index (χ1) is 12.2. The molecule has 0 fully saturated rings. The van der Waals surface area contributed by atoms with Crippen LogP contribution in [0.4, 0.5) is 23.1 Å². The summed E-state index contributed by atoms with van der Waals surface area (Å²) in [6.07, 6.45) is 1.55. The van der Waals surface area contributed by atoms with Gasteiger partial charge in [0, 0.05) is 11.8 Å².